The van der Waals surface area contributed by atoms with Crippen LogP contribution in [-0.4, -0.2) is 35.4 Å². The lowest BCUT2D eigenvalue weighted by Crippen LogP contribution is -2.31. The summed E-state index contributed by atoms with van der Waals surface area (Å²) in [6.45, 7) is 2.14. The number of aliphatic hydroxyl groups excluding tert-OH is 1. The summed E-state index contributed by atoms with van der Waals surface area (Å²) in [5.74, 6) is 0.00880. The van der Waals surface area contributed by atoms with Crippen molar-refractivity contribution in [3.05, 3.63) is 24.3 Å². The molecule has 1 atom stereocenters. The van der Waals surface area contributed by atoms with Crippen molar-refractivity contribution in [3.63, 3.8) is 0 Å². The summed E-state index contributed by atoms with van der Waals surface area (Å²) in [6, 6.07) is 6.47. The third-order valence-electron chi connectivity index (χ3n) is 2.50. The van der Waals surface area contributed by atoms with Gasteiger partial charge < -0.3 is 20.3 Å². The number of phenols is 1. The first kappa shape index (κ1) is 14.3. The van der Waals surface area contributed by atoms with Gasteiger partial charge in [-0.1, -0.05) is 19.1 Å². The predicted molar refractivity (Wildman–Crippen MR) is 67.5 cm³/mol. The summed E-state index contributed by atoms with van der Waals surface area (Å²) in [6.07, 6.45) is 0.813. The number of hydrogen-bond donors (Lipinski definition) is 3. The molecule has 1 aromatic rings. The lowest BCUT2D eigenvalue weighted by molar-refractivity contribution is -0.123. The Kier molecular flexibility index (Phi) is 6.00. The van der Waals surface area contributed by atoms with Crippen molar-refractivity contribution in [2.75, 3.05) is 13.2 Å². The molecule has 0 radical (unpaired) electrons. The Bertz CT molecular complexity index is 381. The number of benzene rings is 1. The Morgan fingerprint density at radius 3 is 2.83 bits per heavy atom. The van der Waals surface area contributed by atoms with Crippen molar-refractivity contribution in [2.24, 2.45) is 0 Å². The molecule has 1 aromatic carbocycles. The van der Waals surface area contributed by atoms with Gasteiger partial charge in [0.2, 0.25) is 0 Å². The number of aromatic hydroxyl groups is 1. The van der Waals surface area contributed by atoms with Gasteiger partial charge in [-0.3, -0.25) is 4.79 Å². The molecular weight excluding hydrogens is 234 g/mol. The van der Waals surface area contributed by atoms with Gasteiger partial charge in [0, 0.05) is 6.54 Å². The lowest BCUT2D eigenvalue weighted by Gasteiger charge is -2.10. The molecule has 0 bridgehead atoms. The number of carbonyl (C=O) groups excluding carboxylic acids is 1. The zero-order chi connectivity index (χ0) is 13.4. The highest BCUT2D eigenvalue weighted by atomic mass is 16.5. The molecular formula is C13H19NO4. The number of nitrogens with one attached hydrogen (secondary N) is 1. The zero-order valence-corrected chi connectivity index (χ0v) is 10.4. The molecule has 1 rings (SSSR count). The number of ether oxygens (including phenoxy) is 1. The van der Waals surface area contributed by atoms with E-state index >= 15 is 0 Å². The Balaban J connectivity index is 2.23. The molecule has 5 heteroatoms. The van der Waals surface area contributed by atoms with Gasteiger partial charge in [0.25, 0.3) is 5.91 Å². The van der Waals surface area contributed by atoms with Gasteiger partial charge in [0.05, 0.1) is 6.10 Å². The molecule has 0 aromatic heterocycles. The van der Waals surface area contributed by atoms with Crippen LogP contribution in [0.15, 0.2) is 24.3 Å². The maximum atomic E-state index is 11.4. The van der Waals surface area contributed by atoms with Crippen LogP contribution in [0, 0.1) is 0 Å². The van der Waals surface area contributed by atoms with Gasteiger partial charge in [-0.05, 0) is 25.0 Å². The number of carbonyl (C=O) groups is 1. The van der Waals surface area contributed by atoms with Gasteiger partial charge in [-0.2, -0.15) is 0 Å². The minimum absolute atomic E-state index is 0.00621. The van der Waals surface area contributed by atoms with E-state index in [0.29, 0.717) is 19.4 Å². The average Bonchev–Trinajstić information content (AvgIpc) is 2.37. The van der Waals surface area contributed by atoms with E-state index < -0.39 is 0 Å². The van der Waals surface area contributed by atoms with E-state index in [2.05, 4.69) is 5.32 Å². The fraction of sp³-hybridized carbons (Fsp3) is 0.462. The quantitative estimate of drug-likeness (QED) is 0.678. The van der Waals surface area contributed by atoms with E-state index in [-0.39, 0.29) is 30.1 Å². The number of phenolic OH excluding ortho intramolecular Hbond substituents is 1. The summed E-state index contributed by atoms with van der Waals surface area (Å²) >= 11 is 0. The number of aliphatic hydroxyl groups is 1. The second-order valence-corrected chi connectivity index (χ2v) is 3.96. The molecule has 0 aliphatic rings. The molecule has 0 fully saturated rings. The Morgan fingerprint density at radius 2 is 2.17 bits per heavy atom. The van der Waals surface area contributed by atoms with E-state index in [4.69, 9.17) is 4.74 Å². The van der Waals surface area contributed by atoms with Crippen LogP contribution in [0.4, 0.5) is 0 Å². The number of hydrogen-bond acceptors (Lipinski definition) is 4. The van der Waals surface area contributed by atoms with Crippen molar-refractivity contribution in [1.29, 1.82) is 0 Å². The highest BCUT2D eigenvalue weighted by Gasteiger charge is 2.06. The van der Waals surface area contributed by atoms with Crippen LogP contribution in [0.3, 0.4) is 0 Å². The van der Waals surface area contributed by atoms with Crippen LogP contribution in [0.25, 0.3) is 0 Å². The molecule has 0 aliphatic carbocycles. The lowest BCUT2D eigenvalue weighted by atomic mass is 10.2. The minimum Gasteiger partial charge on any atom is -0.504 e. The third-order valence-corrected chi connectivity index (χ3v) is 2.50. The van der Waals surface area contributed by atoms with E-state index in [0.717, 1.165) is 0 Å². The van der Waals surface area contributed by atoms with E-state index in [1.165, 1.54) is 6.07 Å². The first-order valence-electron chi connectivity index (χ1n) is 5.99. The largest absolute Gasteiger partial charge is 0.504 e. The van der Waals surface area contributed by atoms with Crippen LogP contribution < -0.4 is 10.1 Å². The molecule has 3 N–H and O–H groups in total. The first-order valence-corrected chi connectivity index (χ1v) is 5.99. The third kappa shape index (κ3) is 5.05. The van der Waals surface area contributed by atoms with Crippen molar-refractivity contribution in [2.45, 2.75) is 25.9 Å². The first-order chi connectivity index (χ1) is 8.63. The van der Waals surface area contributed by atoms with Gasteiger partial charge in [0.1, 0.15) is 0 Å². The molecule has 18 heavy (non-hydrogen) atoms. The number of para-hydroxylation sites is 2. The summed E-state index contributed by atoms with van der Waals surface area (Å²) in [5.41, 5.74) is 0. The highest BCUT2D eigenvalue weighted by molar-refractivity contribution is 5.77. The van der Waals surface area contributed by atoms with Crippen LogP contribution in [0.5, 0.6) is 11.5 Å². The fourth-order valence-electron chi connectivity index (χ4n) is 1.36. The second-order valence-electron chi connectivity index (χ2n) is 3.96. The number of amides is 1. The van der Waals surface area contributed by atoms with Crippen LogP contribution in [0.2, 0.25) is 0 Å². The van der Waals surface area contributed by atoms with Crippen LogP contribution >= 0.6 is 0 Å². The maximum absolute atomic E-state index is 11.4. The van der Waals surface area contributed by atoms with Gasteiger partial charge in [0.15, 0.2) is 18.1 Å². The molecule has 0 aliphatic heterocycles. The molecule has 1 amide bonds. The second kappa shape index (κ2) is 7.55. The van der Waals surface area contributed by atoms with Crippen molar-refractivity contribution < 1.29 is 19.7 Å². The molecule has 1 unspecified atom stereocenters. The summed E-state index contributed by atoms with van der Waals surface area (Å²) < 4.78 is 5.16. The molecule has 5 nitrogen and oxygen atoms in total. The summed E-state index contributed by atoms with van der Waals surface area (Å²) in [7, 11) is 0. The van der Waals surface area contributed by atoms with Crippen molar-refractivity contribution in [3.8, 4) is 11.5 Å². The SMILES string of the molecule is CCC(O)CCNC(=O)COc1ccccc1O. The molecule has 100 valence electrons. The molecule has 0 saturated carbocycles. The molecule has 0 heterocycles. The maximum Gasteiger partial charge on any atom is 0.257 e. The monoisotopic (exact) mass is 253 g/mol. The van der Waals surface area contributed by atoms with E-state index in [1.807, 2.05) is 6.92 Å². The predicted octanol–water partition coefficient (Wildman–Crippen LogP) is 1.05. The smallest absolute Gasteiger partial charge is 0.257 e. The Hall–Kier alpha value is -1.75. The fourth-order valence-corrected chi connectivity index (χ4v) is 1.36. The molecule has 0 spiro atoms. The van der Waals surface area contributed by atoms with Crippen LogP contribution in [0.1, 0.15) is 19.8 Å². The molecule has 0 saturated heterocycles. The average molecular weight is 253 g/mol. The summed E-state index contributed by atoms with van der Waals surface area (Å²) in [4.78, 5) is 11.4. The Morgan fingerprint density at radius 1 is 1.44 bits per heavy atom. The number of rotatable bonds is 7. The van der Waals surface area contributed by atoms with E-state index in [9.17, 15) is 15.0 Å². The normalized spacial score (nSPS) is 11.9. The Labute approximate surface area is 106 Å². The van der Waals surface area contributed by atoms with Gasteiger partial charge in [-0.15, -0.1) is 0 Å². The zero-order valence-electron chi connectivity index (χ0n) is 10.4. The van der Waals surface area contributed by atoms with E-state index in [1.54, 1.807) is 18.2 Å². The minimum atomic E-state index is -0.385. The standard InChI is InChI=1S/C13H19NO4/c1-2-10(15)7-8-14-13(17)9-18-12-6-4-3-5-11(12)16/h3-6,10,15-16H,2,7-9H2,1H3,(H,14,17). The van der Waals surface area contributed by atoms with Crippen molar-refractivity contribution in [1.82, 2.24) is 5.32 Å². The van der Waals surface area contributed by atoms with Crippen LogP contribution in [-0.2, 0) is 4.79 Å². The highest BCUT2D eigenvalue weighted by Crippen LogP contribution is 2.23. The van der Waals surface area contributed by atoms with Crippen molar-refractivity contribution >= 4 is 5.91 Å². The summed E-state index contributed by atoms with van der Waals surface area (Å²) in [5, 5.41) is 21.3. The van der Waals surface area contributed by atoms with Gasteiger partial charge in [-0.25, -0.2) is 0 Å². The van der Waals surface area contributed by atoms with Gasteiger partial charge >= 0.3 is 0 Å². The topological polar surface area (TPSA) is 78.8 Å².